The highest BCUT2D eigenvalue weighted by Crippen LogP contribution is 2.20. The normalized spacial score (nSPS) is 15.6. The number of aliphatic hydroxyl groups excluding tert-OH is 1. The Morgan fingerprint density at radius 2 is 2.36 bits per heavy atom. The van der Waals surface area contributed by atoms with Gasteiger partial charge in [0.05, 0.1) is 18.8 Å². The summed E-state index contributed by atoms with van der Waals surface area (Å²) in [5, 5.41) is 12.3. The first-order valence-corrected chi connectivity index (χ1v) is 5.19. The van der Waals surface area contributed by atoms with E-state index in [-0.39, 0.29) is 6.61 Å². The Morgan fingerprint density at radius 1 is 1.50 bits per heavy atom. The van der Waals surface area contributed by atoms with Gasteiger partial charge in [-0.1, -0.05) is 0 Å². The van der Waals surface area contributed by atoms with Crippen LogP contribution in [0.3, 0.4) is 0 Å². The molecule has 0 unspecified atom stereocenters. The van der Waals surface area contributed by atoms with Crippen LogP contribution in [0.2, 0.25) is 0 Å². The Hall–Kier alpha value is -0.870. The first kappa shape index (κ1) is 9.68. The summed E-state index contributed by atoms with van der Waals surface area (Å²) < 4.78 is 2.26. The standard InChI is InChI=1S/C10H17N3O/c1-11-6-10-12-8(7-14)9-4-2-3-5-13(9)10/h11,14H,2-7H2,1H3. The van der Waals surface area contributed by atoms with Crippen LogP contribution in [0.25, 0.3) is 0 Å². The van der Waals surface area contributed by atoms with E-state index in [0.717, 1.165) is 31.0 Å². The van der Waals surface area contributed by atoms with Gasteiger partial charge in [0.25, 0.3) is 0 Å². The van der Waals surface area contributed by atoms with Crippen LogP contribution in [0.15, 0.2) is 0 Å². The summed E-state index contributed by atoms with van der Waals surface area (Å²) in [7, 11) is 1.92. The van der Waals surface area contributed by atoms with Gasteiger partial charge < -0.3 is 15.0 Å². The largest absolute Gasteiger partial charge is 0.390 e. The van der Waals surface area contributed by atoms with Crippen molar-refractivity contribution in [3.63, 3.8) is 0 Å². The molecule has 0 aromatic carbocycles. The van der Waals surface area contributed by atoms with Gasteiger partial charge in [0.1, 0.15) is 5.82 Å². The van der Waals surface area contributed by atoms with Crippen molar-refractivity contribution in [2.45, 2.75) is 39.0 Å². The molecule has 0 radical (unpaired) electrons. The van der Waals surface area contributed by atoms with Crippen molar-refractivity contribution in [2.75, 3.05) is 7.05 Å². The SMILES string of the molecule is CNCc1nc(CO)c2n1CCCC2. The van der Waals surface area contributed by atoms with E-state index in [1.54, 1.807) is 0 Å². The van der Waals surface area contributed by atoms with E-state index >= 15 is 0 Å². The molecule has 1 aromatic heterocycles. The zero-order valence-electron chi connectivity index (χ0n) is 8.58. The monoisotopic (exact) mass is 195 g/mol. The van der Waals surface area contributed by atoms with Crippen LogP contribution in [-0.4, -0.2) is 21.7 Å². The Bertz CT molecular complexity index is 319. The number of aromatic nitrogens is 2. The van der Waals surface area contributed by atoms with Gasteiger partial charge in [-0.2, -0.15) is 0 Å². The van der Waals surface area contributed by atoms with Crippen molar-refractivity contribution in [2.24, 2.45) is 0 Å². The molecule has 14 heavy (non-hydrogen) atoms. The highest BCUT2D eigenvalue weighted by atomic mass is 16.3. The molecule has 2 heterocycles. The maximum Gasteiger partial charge on any atom is 0.123 e. The minimum atomic E-state index is 0.0685. The Labute approximate surface area is 84.0 Å². The minimum Gasteiger partial charge on any atom is -0.390 e. The molecule has 0 fully saturated rings. The van der Waals surface area contributed by atoms with Crippen LogP contribution in [0.4, 0.5) is 0 Å². The van der Waals surface area contributed by atoms with Gasteiger partial charge in [-0.15, -0.1) is 0 Å². The van der Waals surface area contributed by atoms with Crippen molar-refractivity contribution >= 4 is 0 Å². The van der Waals surface area contributed by atoms with E-state index in [9.17, 15) is 5.11 Å². The zero-order chi connectivity index (χ0) is 9.97. The maximum atomic E-state index is 9.18. The van der Waals surface area contributed by atoms with E-state index in [0.29, 0.717) is 0 Å². The second kappa shape index (κ2) is 4.11. The molecular formula is C10H17N3O. The quantitative estimate of drug-likeness (QED) is 0.735. The summed E-state index contributed by atoms with van der Waals surface area (Å²) in [6.45, 7) is 1.91. The molecule has 0 atom stereocenters. The predicted molar refractivity (Wildman–Crippen MR) is 53.9 cm³/mol. The molecule has 2 rings (SSSR count). The number of nitrogens with zero attached hydrogens (tertiary/aromatic N) is 2. The number of hydrogen-bond donors (Lipinski definition) is 2. The summed E-state index contributed by atoms with van der Waals surface area (Å²) in [5.74, 6) is 1.06. The molecule has 4 heteroatoms. The fourth-order valence-electron chi connectivity index (χ4n) is 2.12. The predicted octanol–water partition coefficient (Wildman–Crippen LogP) is 0.431. The Balaban J connectivity index is 2.36. The van der Waals surface area contributed by atoms with Crippen LogP contribution in [0.1, 0.15) is 30.1 Å². The van der Waals surface area contributed by atoms with Crippen LogP contribution in [0.5, 0.6) is 0 Å². The average Bonchev–Trinajstić information content (AvgIpc) is 2.58. The molecule has 0 bridgehead atoms. The van der Waals surface area contributed by atoms with Crippen LogP contribution in [-0.2, 0) is 26.1 Å². The van der Waals surface area contributed by atoms with Crippen LogP contribution in [0, 0.1) is 0 Å². The maximum absolute atomic E-state index is 9.18. The number of rotatable bonds is 3. The first-order valence-electron chi connectivity index (χ1n) is 5.19. The van der Waals surface area contributed by atoms with Crippen molar-refractivity contribution in [3.8, 4) is 0 Å². The second-order valence-electron chi connectivity index (χ2n) is 3.72. The zero-order valence-corrected chi connectivity index (χ0v) is 8.58. The van der Waals surface area contributed by atoms with Crippen molar-refractivity contribution in [1.82, 2.24) is 14.9 Å². The molecule has 1 aromatic rings. The molecule has 0 amide bonds. The lowest BCUT2D eigenvalue weighted by Gasteiger charge is -2.17. The molecular weight excluding hydrogens is 178 g/mol. The number of aliphatic hydroxyl groups is 1. The third-order valence-electron chi connectivity index (χ3n) is 2.76. The molecule has 78 valence electrons. The number of nitrogens with one attached hydrogen (secondary N) is 1. The average molecular weight is 195 g/mol. The molecule has 0 saturated heterocycles. The topological polar surface area (TPSA) is 50.1 Å². The second-order valence-corrected chi connectivity index (χ2v) is 3.72. The highest BCUT2D eigenvalue weighted by molar-refractivity contribution is 5.18. The fraction of sp³-hybridized carbons (Fsp3) is 0.700. The van der Waals surface area contributed by atoms with Gasteiger partial charge in [-0.3, -0.25) is 0 Å². The van der Waals surface area contributed by atoms with Gasteiger partial charge in [0.15, 0.2) is 0 Å². The summed E-state index contributed by atoms with van der Waals surface area (Å²) in [6, 6.07) is 0. The van der Waals surface area contributed by atoms with E-state index in [4.69, 9.17) is 0 Å². The molecule has 4 nitrogen and oxygen atoms in total. The lowest BCUT2D eigenvalue weighted by Crippen LogP contribution is -2.17. The van der Waals surface area contributed by atoms with Gasteiger partial charge in [-0.05, 0) is 26.3 Å². The van der Waals surface area contributed by atoms with Crippen LogP contribution >= 0.6 is 0 Å². The van der Waals surface area contributed by atoms with Crippen molar-refractivity contribution in [1.29, 1.82) is 0 Å². The highest BCUT2D eigenvalue weighted by Gasteiger charge is 2.18. The Morgan fingerprint density at radius 3 is 3.07 bits per heavy atom. The molecule has 1 aliphatic heterocycles. The van der Waals surface area contributed by atoms with Gasteiger partial charge >= 0.3 is 0 Å². The van der Waals surface area contributed by atoms with Crippen LogP contribution < -0.4 is 5.32 Å². The number of hydrogen-bond acceptors (Lipinski definition) is 3. The summed E-state index contributed by atoms with van der Waals surface area (Å²) in [6.07, 6.45) is 3.51. The molecule has 0 spiro atoms. The lowest BCUT2D eigenvalue weighted by atomic mass is 10.1. The third kappa shape index (κ3) is 1.55. The smallest absolute Gasteiger partial charge is 0.123 e. The lowest BCUT2D eigenvalue weighted by molar-refractivity contribution is 0.275. The Kier molecular flexibility index (Phi) is 2.84. The summed E-state index contributed by atoms with van der Waals surface area (Å²) in [4.78, 5) is 4.45. The first-order chi connectivity index (χ1) is 6.86. The van der Waals surface area contributed by atoms with Gasteiger partial charge in [-0.25, -0.2) is 4.98 Å². The summed E-state index contributed by atoms with van der Waals surface area (Å²) in [5.41, 5.74) is 2.11. The van der Waals surface area contributed by atoms with Gasteiger partial charge in [0.2, 0.25) is 0 Å². The third-order valence-corrected chi connectivity index (χ3v) is 2.76. The fourth-order valence-corrected chi connectivity index (χ4v) is 2.12. The number of imidazole rings is 1. The van der Waals surface area contributed by atoms with Gasteiger partial charge in [0, 0.05) is 12.2 Å². The van der Waals surface area contributed by atoms with E-state index in [2.05, 4.69) is 14.9 Å². The van der Waals surface area contributed by atoms with E-state index in [1.807, 2.05) is 7.05 Å². The molecule has 2 N–H and O–H groups in total. The molecule has 1 aliphatic rings. The van der Waals surface area contributed by atoms with Crippen molar-refractivity contribution in [3.05, 3.63) is 17.2 Å². The minimum absolute atomic E-state index is 0.0685. The molecule has 0 aliphatic carbocycles. The van der Waals surface area contributed by atoms with Crippen molar-refractivity contribution < 1.29 is 5.11 Å². The van der Waals surface area contributed by atoms with E-state index < -0.39 is 0 Å². The molecule has 0 saturated carbocycles. The number of fused-ring (bicyclic) bond motifs is 1. The van der Waals surface area contributed by atoms with E-state index in [1.165, 1.54) is 18.5 Å². The summed E-state index contributed by atoms with van der Waals surface area (Å²) >= 11 is 0.